The lowest BCUT2D eigenvalue weighted by Gasteiger charge is -2.34. The van der Waals surface area contributed by atoms with Crippen LogP contribution in [-0.4, -0.2) is 56.3 Å². The van der Waals surface area contributed by atoms with Crippen LogP contribution in [0.3, 0.4) is 0 Å². The van der Waals surface area contributed by atoms with Crippen molar-refractivity contribution in [3.8, 4) is 0 Å². The van der Waals surface area contributed by atoms with E-state index in [4.69, 9.17) is 15.2 Å². The number of nitrogens with zero attached hydrogens (tertiary/aromatic N) is 4. The number of rotatable bonds is 13. The lowest BCUT2D eigenvalue weighted by Crippen LogP contribution is -2.50. The Morgan fingerprint density at radius 2 is 1.95 bits per heavy atom. The van der Waals surface area contributed by atoms with Crippen molar-refractivity contribution in [2.24, 2.45) is 0 Å². The quantitative estimate of drug-likeness (QED) is 0.150. The SMILES string of the molecule is CCCOC(=O)C(C)(C)N[P@](=O)(CO[C@H](C)Cn1cnc2c(N)ncnc21)N[C@H](c1cccc(F)c1)C(F)(F)F. The highest BCUT2D eigenvalue weighted by Crippen LogP contribution is 2.46. The number of carbonyl (C=O) groups is 1. The summed E-state index contributed by atoms with van der Waals surface area (Å²) in [5.41, 5.74) is 4.40. The Balaban J connectivity index is 1.87. The molecule has 1 aromatic carbocycles. The maximum atomic E-state index is 14.2. The molecule has 3 atom stereocenters. The molecule has 11 nitrogen and oxygen atoms in total. The van der Waals surface area contributed by atoms with Crippen molar-refractivity contribution in [2.45, 2.75) is 64.5 Å². The minimum Gasteiger partial charge on any atom is -0.464 e. The van der Waals surface area contributed by atoms with Crippen LogP contribution in [0.25, 0.3) is 11.2 Å². The van der Waals surface area contributed by atoms with Gasteiger partial charge in [0.1, 0.15) is 35.6 Å². The van der Waals surface area contributed by atoms with Crippen LogP contribution in [0.15, 0.2) is 36.9 Å². The van der Waals surface area contributed by atoms with Crippen LogP contribution in [0, 0.1) is 5.82 Å². The highest BCUT2D eigenvalue weighted by molar-refractivity contribution is 7.59. The lowest BCUT2D eigenvalue weighted by atomic mass is 10.1. The van der Waals surface area contributed by atoms with Gasteiger partial charge in [-0.05, 0) is 44.9 Å². The summed E-state index contributed by atoms with van der Waals surface area (Å²) >= 11 is 0. The molecular formula is C24H32F4N7O4P. The fourth-order valence-electron chi connectivity index (χ4n) is 3.80. The number of benzene rings is 1. The second-order valence-corrected chi connectivity index (χ2v) is 11.9. The molecule has 0 radical (unpaired) electrons. The first-order valence-electron chi connectivity index (χ1n) is 12.3. The first-order chi connectivity index (χ1) is 18.6. The summed E-state index contributed by atoms with van der Waals surface area (Å²) in [6.45, 7) is 6.23. The fraction of sp³-hybridized carbons (Fsp3) is 0.500. The number of nitrogen functional groups attached to an aromatic ring is 1. The van der Waals surface area contributed by atoms with E-state index in [2.05, 4.69) is 25.1 Å². The van der Waals surface area contributed by atoms with E-state index in [1.54, 1.807) is 18.4 Å². The average molecular weight is 590 g/mol. The zero-order valence-corrected chi connectivity index (χ0v) is 23.3. The van der Waals surface area contributed by atoms with Gasteiger partial charge in [-0.25, -0.2) is 29.5 Å². The number of alkyl halides is 3. The topological polar surface area (TPSA) is 146 Å². The maximum absolute atomic E-state index is 14.2. The summed E-state index contributed by atoms with van der Waals surface area (Å²) in [7, 11) is -4.40. The van der Waals surface area contributed by atoms with Crippen LogP contribution in [0.1, 0.15) is 45.7 Å². The van der Waals surface area contributed by atoms with Gasteiger partial charge in [0.15, 0.2) is 11.5 Å². The Labute approximate surface area is 228 Å². The second kappa shape index (κ2) is 12.6. The highest BCUT2D eigenvalue weighted by Gasteiger charge is 2.47. The van der Waals surface area contributed by atoms with Gasteiger partial charge in [-0.3, -0.25) is 9.36 Å². The number of aromatic nitrogens is 4. The number of anilines is 1. The molecule has 3 rings (SSSR count). The van der Waals surface area contributed by atoms with Gasteiger partial charge in [0, 0.05) is 0 Å². The Hall–Kier alpha value is -3.13. The van der Waals surface area contributed by atoms with Crippen molar-refractivity contribution in [3.05, 3.63) is 48.3 Å². The molecule has 220 valence electrons. The number of nitrogens with one attached hydrogen (secondary N) is 2. The van der Waals surface area contributed by atoms with Gasteiger partial charge in [-0.2, -0.15) is 13.2 Å². The number of imidazole rings is 1. The van der Waals surface area contributed by atoms with E-state index in [-0.39, 0.29) is 19.0 Å². The van der Waals surface area contributed by atoms with E-state index in [9.17, 15) is 26.9 Å². The molecule has 0 aliphatic carbocycles. The molecule has 0 amide bonds. The van der Waals surface area contributed by atoms with E-state index in [0.29, 0.717) is 23.7 Å². The number of halogens is 4. The molecule has 0 saturated carbocycles. The number of esters is 1. The van der Waals surface area contributed by atoms with Gasteiger partial charge in [0.2, 0.25) is 7.44 Å². The lowest BCUT2D eigenvalue weighted by molar-refractivity contribution is -0.153. The number of hydrogen-bond donors (Lipinski definition) is 3. The number of nitrogens with two attached hydrogens (primary N) is 1. The number of carbonyl (C=O) groups excluding carboxylic acids is 1. The van der Waals surface area contributed by atoms with Crippen molar-refractivity contribution < 1.29 is 36.4 Å². The maximum Gasteiger partial charge on any atom is 0.408 e. The number of fused-ring (bicyclic) bond motifs is 1. The summed E-state index contributed by atoms with van der Waals surface area (Å²) in [5, 5.41) is 4.61. The largest absolute Gasteiger partial charge is 0.464 e. The summed E-state index contributed by atoms with van der Waals surface area (Å²) in [4.78, 5) is 24.8. The molecule has 0 saturated heterocycles. The van der Waals surface area contributed by atoms with Crippen LogP contribution in [0.5, 0.6) is 0 Å². The zero-order valence-electron chi connectivity index (χ0n) is 22.4. The van der Waals surface area contributed by atoms with Crippen LogP contribution >= 0.6 is 7.44 Å². The first-order valence-corrected chi connectivity index (χ1v) is 14.2. The average Bonchev–Trinajstić information content (AvgIpc) is 3.27. The van der Waals surface area contributed by atoms with Crippen molar-refractivity contribution in [1.82, 2.24) is 29.7 Å². The van der Waals surface area contributed by atoms with Crippen LogP contribution < -0.4 is 15.9 Å². The number of ether oxygens (including phenoxy) is 2. The van der Waals surface area contributed by atoms with Gasteiger partial charge in [0.25, 0.3) is 0 Å². The van der Waals surface area contributed by atoms with Gasteiger partial charge < -0.3 is 19.8 Å². The molecule has 0 fully saturated rings. The Morgan fingerprint density at radius 3 is 2.60 bits per heavy atom. The molecule has 0 unspecified atom stereocenters. The monoisotopic (exact) mass is 589 g/mol. The highest BCUT2D eigenvalue weighted by atomic mass is 31.2. The zero-order chi connectivity index (χ0) is 29.7. The molecule has 0 aliphatic heterocycles. The predicted molar refractivity (Wildman–Crippen MR) is 140 cm³/mol. The van der Waals surface area contributed by atoms with Crippen molar-refractivity contribution >= 4 is 30.4 Å². The van der Waals surface area contributed by atoms with E-state index in [0.717, 1.165) is 18.2 Å². The Bertz CT molecular complexity index is 1370. The van der Waals surface area contributed by atoms with Crippen molar-refractivity contribution in [1.29, 1.82) is 0 Å². The second-order valence-electron chi connectivity index (χ2n) is 9.71. The van der Waals surface area contributed by atoms with Crippen LogP contribution in [-0.2, 0) is 25.4 Å². The van der Waals surface area contributed by atoms with Gasteiger partial charge in [-0.1, -0.05) is 19.1 Å². The molecule has 0 bridgehead atoms. The van der Waals surface area contributed by atoms with Gasteiger partial charge in [0.05, 0.1) is 25.6 Å². The van der Waals surface area contributed by atoms with E-state index >= 15 is 0 Å². The summed E-state index contributed by atoms with van der Waals surface area (Å²) in [5.74, 6) is -1.55. The molecule has 2 aromatic heterocycles. The molecule has 3 aromatic rings. The van der Waals surface area contributed by atoms with Crippen molar-refractivity contribution in [3.63, 3.8) is 0 Å². The third-order valence-corrected chi connectivity index (χ3v) is 7.79. The smallest absolute Gasteiger partial charge is 0.408 e. The summed E-state index contributed by atoms with van der Waals surface area (Å²) in [6.07, 6.45) is -3.23. The van der Waals surface area contributed by atoms with Gasteiger partial charge >= 0.3 is 12.1 Å². The molecular weight excluding hydrogens is 557 g/mol. The molecule has 4 N–H and O–H groups in total. The molecule has 40 heavy (non-hydrogen) atoms. The first kappa shape index (κ1) is 31.4. The minimum atomic E-state index is -4.97. The molecule has 2 heterocycles. The Kier molecular flexibility index (Phi) is 9.88. The molecule has 16 heteroatoms. The number of hydrogen-bond acceptors (Lipinski definition) is 8. The third-order valence-electron chi connectivity index (χ3n) is 5.68. The summed E-state index contributed by atoms with van der Waals surface area (Å²) in [6, 6.07) is 1.31. The molecule has 0 spiro atoms. The van der Waals surface area contributed by atoms with E-state index in [1.807, 2.05) is 0 Å². The summed E-state index contributed by atoms with van der Waals surface area (Å²) < 4.78 is 82.8. The van der Waals surface area contributed by atoms with Gasteiger partial charge in [-0.15, -0.1) is 0 Å². The molecule has 0 aliphatic rings. The fourth-order valence-corrected chi connectivity index (χ4v) is 6.17. The normalized spacial score (nSPS) is 15.5. The predicted octanol–water partition coefficient (Wildman–Crippen LogP) is 4.32. The third kappa shape index (κ3) is 7.96. The van der Waals surface area contributed by atoms with Crippen molar-refractivity contribution in [2.75, 3.05) is 18.7 Å². The minimum absolute atomic E-state index is 0.0661. The van der Waals surface area contributed by atoms with E-state index in [1.165, 1.54) is 26.5 Å². The standard InChI is InChI=1S/C24H32F4N7O4P/c1-5-9-38-22(36)23(3,4)34-40(37,33-19(24(26,27)28)16-7-6-8-17(25)10-16)14-39-15(2)11-35-13-32-18-20(29)30-12-31-21(18)35/h6-8,10,12-13,15,19H,5,9,11,14H2,1-4H3,(H2,29,30,31)(H2,33,34,37)/t15-,19-,40+/m1/s1. The van der Waals surface area contributed by atoms with E-state index < -0.39 is 55.0 Å². The Morgan fingerprint density at radius 1 is 1.23 bits per heavy atom. The van der Waals surface area contributed by atoms with Crippen LogP contribution in [0.4, 0.5) is 23.4 Å². The van der Waals surface area contributed by atoms with Crippen LogP contribution in [0.2, 0.25) is 0 Å².